The van der Waals surface area contributed by atoms with E-state index in [1.807, 2.05) is 27.0 Å². The molecule has 0 amide bonds. The molecule has 5 rings (SSSR count). The number of methoxy groups -OCH3 is 1. The molecule has 3 heterocycles. The maximum atomic E-state index is 14.5. The van der Waals surface area contributed by atoms with E-state index in [4.69, 9.17) is 9.72 Å². The number of nitrogens with one attached hydrogen (secondary N) is 1. The van der Waals surface area contributed by atoms with Crippen LogP contribution >= 0.6 is 0 Å². The second-order valence-electron chi connectivity index (χ2n) is 9.47. The quantitative estimate of drug-likeness (QED) is 0.323. The Morgan fingerprint density at radius 3 is 2.63 bits per heavy atom. The summed E-state index contributed by atoms with van der Waals surface area (Å²) in [4.78, 5) is 21.4. The van der Waals surface area contributed by atoms with Gasteiger partial charge in [0.2, 0.25) is 5.56 Å². The first-order chi connectivity index (χ1) is 18.1. The smallest absolute Gasteiger partial charge is 0.296 e. The third-order valence-electron chi connectivity index (χ3n) is 6.68. The van der Waals surface area contributed by atoms with Crippen LogP contribution in [-0.2, 0) is 24.8 Å². The fourth-order valence-electron chi connectivity index (χ4n) is 4.74. The minimum absolute atomic E-state index is 0.107. The van der Waals surface area contributed by atoms with Crippen molar-refractivity contribution in [2.24, 2.45) is 14.1 Å². The zero-order valence-electron chi connectivity index (χ0n) is 21.8. The minimum Gasteiger partial charge on any atom is -0.378 e. The molecule has 3 aromatic heterocycles. The SMILES string of the molecule is COCC(F)(F)c1cccc([C@@H](C)Nc2nc(C)nc3c2cc(-c2ccc(=O)n(C)c2)c2c3cnn2C)c1. The molecule has 0 radical (unpaired) electrons. The number of halogens is 2. The number of rotatable bonds is 7. The molecular formula is C28H28F2N6O2. The molecule has 10 heteroatoms. The molecule has 0 saturated carbocycles. The largest absolute Gasteiger partial charge is 0.378 e. The molecule has 0 aliphatic carbocycles. The Hall–Kier alpha value is -4.18. The molecule has 1 N–H and O–H groups in total. The van der Waals surface area contributed by atoms with Gasteiger partial charge in [0.25, 0.3) is 5.92 Å². The Morgan fingerprint density at radius 1 is 1.11 bits per heavy atom. The summed E-state index contributed by atoms with van der Waals surface area (Å²) in [7, 11) is 4.83. The third kappa shape index (κ3) is 4.51. The molecule has 1 atom stereocenters. The van der Waals surface area contributed by atoms with E-state index in [0.717, 1.165) is 32.9 Å². The van der Waals surface area contributed by atoms with Gasteiger partial charge in [-0.3, -0.25) is 9.48 Å². The second kappa shape index (κ2) is 9.60. The summed E-state index contributed by atoms with van der Waals surface area (Å²) in [5, 5.41) is 9.49. The van der Waals surface area contributed by atoms with Crippen LogP contribution in [0.15, 0.2) is 59.7 Å². The average molecular weight is 519 g/mol. The minimum atomic E-state index is -3.10. The number of fused-ring (bicyclic) bond motifs is 3. The Balaban J connectivity index is 1.65. The number of aromatic nitrogens is 5. The van der Waals surface area contributed by atoms with E-state index in [-0.39, 0.29) is 17.2 Å². The zero-order chi connectivity index (χ0) is 27.2. The van der Waals surface area contributed by atoms with Crippen LogP contribution in [-0.4, -0.2) is 38.0 Å². The molecule has 38 heavy (non-hydrogen) atoms. The molecule has 8 nitrogen and oxygen atoms in total. The third-order valence-corrected chi connectivity index (χ3v) is 6.68. The van der Waals surface area contributed by atoms with Gasteiger partial charge in [-0.15, -0.1) is 0 Å². The van der Waals surface area contributed by atoms with Crippen molar-refractivity contribution in [3.05, 3.63) is 82.2 Å². The maximum Gasteiger partial charge on any atom is 0.296 e. The van der Waals surface area contributed by atoms with Crippen molar-refractivity contribution < 1.29 is 13.5 Å². The number of benzene rings is 2. The fraction of sp³-hybridized carbons (Fsp3) is 0.286. The van der Waals surface area contributed by atoms with Gasteiger partial charge in [-0.05, 0) is 37.6 Å². The lowest BCUT2D eigenvalue weighted by Crippen LogP contribution is -2.20. The second-order valence-corrected chi connectivity index (χ2v) is 9.47. The van der Waals surface area contributed by atoms with Crippen LogP contribution in [0, 0.1) is 6.92 Å². The van der Waals surface area contributed by atoms with Crippen molar-refractivity contribution in [2.75, 3.05) is 19.0 Å². The molecular weight excluding hydrogens is 490 g/mol. The normalized spacial score (nSPS) is 12.8. The summed E-state index contributed by atoms with van der Waals surface area (Å²) in [6.07, 6.45) is 3.55. The molecule has 0 saturated heterocycles. The highest BCUT2D eigenvalue weighted by Crippen LogP contribution is 2.37. The highest BCUT2D eigenvalue weighted by atomic mass is 19.3. The van der Waals surface area contributed by atoms with Crippen LogP contribution in [0.3, 0.4) is 0 Å². The van der Waals surface area contributed by atoms with E-state index >= 15 is 0 Å². The number of nitrogens with zero attached hydrogens (tertiary/aromatic N) is 5. The molecule has 196 valence electrons. The van der Waals surface area contributed by atoms with E-state index in [1.54, 1.807) is 42.3 Å². The van der Waals surface area contributed by atoms with Crippen molar-refractivity contribution in [2.45, 2.75) is 25.8 Å². The lowest BCUT2D eigenvalue weighted by atomic mass is 10.00. The summed E-state index contributed by atoms with van der Waals surface area (Å²) in [6, 6.07) is 11.3. The van der Waals surface area contributed by atoms with Gasteiger partial charge in [-0.25, -0.2) is 9.97 Å². The first-order valence-electron chi connectivity index (χ1n) is 12.1. The Morgan fingerprint density at radius 2 is 1.89 bits per heavy atom. The summed E-state index contributed by atoms with van der Waals surface area (Å²) < 4.78 is 37.0. The number of aryl methyl sites for hydroxylation is 3. The molecule has 0 aliphatic rings. The summed E-state index contributed by atoms with van der Waals surface area (Å²) in [5.74, 6) is -1.96. The monoisotopic (exact) mass is 518 g/mol. The van der Waals surface area contributed by atoms with Gasteiger partial charge in [0, 0.05) is 67.0 Å². The zero-order valence-corrected chi connectivity index (χ0v) is 21.8. The predicted octanol–water partition coefficient (Wildman–Crippen LogP) is 5.10. The lowest BCUT2D eigenvalue weighted by molar-refractivity contribution is -0.0698. The summed E-state index contributed by atoms with van der Waals surface area (Å²) >= 11 is 0. The van der Waals surface area contributed by atoms with E-state index in [1.165, 1.54) is 29.9 Å². The van der Waals surface area contributed by atoms with E-state index in [0.29, 0.717) is 17.2 Å². The van der Waals surface area contributed by atoms with Crippen LogP contribution in [0.2, 0.25) is 0 Å². The number of ether oxygens (including phenoxy) is 1. The van der Waals surface area contributed by atoms with Crippen molar-refractivity contribution in [1.29, 1.82) is 0 Å². The number of alkyl halides is 2. The first-order valence-corrected chi connectivity index (χ1v) is 12.1. The van der Waals surface area contributed by atoms with E-state index < -0.39 is 12.5 Å². The maximum absolute atomic E-state index is 14.5. The van der Waals surface area contributed by atoms with Gasteiger partial charge in [0.05, 0.1) is 17.2 Å². The van der Waals surface area contributed by atoms with Gasteiger partial charge in [-0.2, -0.15) is 13.9 Å². The average Bonchev–Trinajstić information content (AvgIpc) is 3.27. The number of anilines is 1. The molecule has 2 aromatic carbocycles. The van der Waals surface area contributed by atoms with Crippen molar-refractivity contribution in [3.63, 3.8) is 0 Å². The predicted molar refractivity (Wildman–Crippen MR) is 143 cm³/mol. The van der Waals surface area contributed by atoms with Gasteiger partial charge in [0.1, 0.15) is 18.2 Å². The van der Waals surface area contributed by atoms with Crippen LogP contribution in [0.4, 0.5) is 14.6 Å². The van der Waals surface area contributed by atoms with Gasteiger partial charge >= 0.3 is 0 Å². The van der Waals surface area contributed by atoms with Crippen LogP contribution in [0.1, 0.15) is 29.9 Å². The molecule has 0 unspecified atom stereocenters. The Kier molecular flexibility index (Phi) is 6.44. The Labute approximate surface area is 217 Å². The highest BCUT2D eigenvalue weighted by Gasteiger charge is 2.32. The number of hydrogen-bond donors (Lipinski definition) is 1. The highest BCUT2D eigenvalue weighted by molar-refractivity contribution is 6.13. The lowest BCUT2D eigenvalue weighted by Gasteiger charge is -2.21. The van der Waals surface area contributed by atoms with Crippen LogP contribution in [0.25, 0.3) is 32.9 Å². The van der Waals surface area contributed by atoms with Gasteiger partial charge < -0.3 is 14.6 Å². The first kappa shape index (κ1) is 25.5. The summed E-state index contributed by atoms with van der Waals surface area (Å²) in [5.41, 5.74) is 3.78. The van der Waals surface area contributed by atoms with Gasteiger partial charge in [-0.1, -0.05) is 18.2 Å². The molecule has 0 aliphatic heterocycles. The molecule has 0 bridgehead atoms. The fourth-order valence-corrected chi connectivity index (χ4v) is 4.74. The number of pyridine rings is 1. The topological polar surface area (TPSA) is 86.9 Å². The van der Waals surface area contributed by atoms with Crippen LogP contribution < -0.4 is 10.9 Å². The standard InChI is InChI=1S/C28H28F2N6O2/c1-16(18-7-6-8-20(11-18)28(29,30)15-38-5)32-27-22-12-21(19-9-10-24(37)35(3)14-19)26-23(13-31-36(26)4)25(22)33-17(2)34-27/h6-14,16H,15H2,1-5H3,(H,32,33,34)/t16-/m1/s1. The van der Waals surface area contributed by atoms with E-state index in [2.05, 4.69) is 15.4 Å². The molecule has 0 spiro atoms. The summed E-state index contributed by atoms with van der Waals surface area (Å²) in [6.45, 7) is 3.01. The van der Waals surface area contributed by atoms with E-state index in [9.17, 15) is 13.6 Å². The van der Waals surface area contributed by atoms with Crippen molar-refractivity contribution in [1.82, 2.24) is 24.3 Å². The van der Waals surface area contributed by atoms with Crippen molar-refractivity contribution >= 4 is 27.6 Å². The van der Waals surface area contributed by atoms with Gasteiger partial charge in [0.15, 0.2) is 0 Å². The molecule has 5 aromatic rings. The van der Waals surface area contributed by atoms with Crippen molar-refractivity contribution in [3.8, 4) is 11.1 Å². The Bertz CT molecular complexity index is 1730. The molecule has 0 fully saturated rings. The van der Waals surface area contributed by atoms with Crippen LogP contribution in [0.5, 0.6) is 0 Å². The number of hydrogen-bond acceptors (Lipinski definition) is 6.